The Morgan fingerprint density at radius 3 is 2.43 bits per heavy atom. The Kier molecular flexibility index (Phi) is 6.97. The Hall–Kier alpha value is -1.81. The monoisotopic (exact) mass is 454 g/mol. The lowest BCUT2D eigenvalue weighted by Gasteiger charge is -2.12. The highest BCUT2D eigenvalue weighted by molar-refractivity contribution is 7.89. The summed E-state index contributed by atoms with van der Waals surface area (Å²) in [4.78, 5) is 11.3. The molecule has 28 heavy (non-hydrogen) atoms. The minimum absolute atomic E-state index is 0.248. The van der Waals surface area contributed by atoms with Gasteiger partial charge in [-0.15, -0.1) is 0 Å². The highest BCUT2D eigenvalue weighted by Crippen LogP contribution is 2.33. The van der Waals surface area contributed by atoms with Gasteiger partial charge in [0.25, 0.3) is 0 Å². The second-order valence-corrected chi connectivity index (χ2v) is 8.30. The van der Waals surface area contributed by atoms with Crippen LogP contribution in [0.4, 0.5) is 18.9 Å². The van der Waals surface area contributed by atoms with Gasteiger partial charge in [-0.05, 0) is 42.8 Å². The van der Waals surface area contributed by atoms with Crippen LogP contribution in [0.2, 0.25) is 10.0 Å². The van der Waals surface area contributed by atoms with Gasteiger partial charge in [0.1, 0.15) is 4.90 Å². The number of alkyl halides is 3. The molecule has 152 valence electrons. The summed E-state index contributed by atoms with van der Waals surface area (Å²) in [5, 5.41) is 2.68. The van der Waals surface area contributed by atoms with Gasteiger partial charge in [-0.3, -0.25) is 4.79 Å². The number of hydrogen-bond acceptors (Lipinski definition) is 3. The van der Waals surface area contributed by atoms with E-state index in [4.69, 9.17) is 23.2 Å². The molecule has 0 atom stereocenters. The molecule has 2 aromatic rings. The molecule has 0 aliphatic heterocycles. The van der Waals surface area contributed by atoms with Crippen LogP contribution in [0.5, 0.6) is 0 Å². The number of carbonyl (C=O) groups is 1. The van der Waals surface area contributed by atoms with Gasteiger partial charge in [-0.25, -0.2) is 13.1 Å². The van der Waals surface area contributed by atoms with Crippen LogP contribution in [-0.4, -0.2) is 20.9 Å². The van der Waals surface area contributed by atoms with Gasteiger partial charge in [0.05, 0.1) is 10.6 Å². The average molecular weight is 455 g/mol. The summed E-state index contributed by atoms with van der Waals surface area (Å²) in [5.74, 6) is -0.497. The number of amides is 1. The molecule has 2 N–H and O–H groups in total. The molecule has 1 amide bonds. The fourth-order valence-electron chi connectivity index (χ4n) is 2.22. The molecule has 0 heterocycles. The number of carbonyl (C=O) groups excluding carboxylic acids is 1. The van der Waals surface area contributed by atoms with Crippen LogP contribution >= 0.6 is 23.2 Å². The van der Waals surface area contributed by atoms with E-state index in [2.05, 4.69) is 10.0 Å². The summed E-state index contributed by atoms with van der Waals surface area (Å²) in [6, 6.07) is 6.91. The number of rotatable bonds is 6. The first-order chi connectivity index (χ1) is 12.9. The molecule has 0 saturated heterocycles. The molecule has 0 aliphatic carbocycles. The first kappa shape index (κ1) is 22.5. The lowest BCUT2D eigenvalue weighted by Crippen LogP contribution is -2.28. The maximum Gasteiger partial charge on any atom is 0.416 e. The number of sulfonamides is 1. The third-order valence-corrected chi connectivity index (χ3v) is 6.09. The summed E-state index contributed by atoms with van der Waals surface area (Å²) < 4.78 is 65.0. The normalized spacial score (nSPS) is 12.1. The minimum Gasteiger partial charge on any atom is -0.326 e. The molecule has 0 fully saturated rings. The molecule has 2 aromatic carbocycles. The third-order valence-electron chi connectivity index (χ3n) is 3.73. The Morgan fingerprint density at radius 2 is 1.79 bits per heavy atom. The van der Waals surface area contributed by atoms with Gasteiger partial charge < -0.3 is 5.32 Å². The van der Waals surface area contributed by atoms with Crippen molar-refractivity contribution in [1.29, 1.82) is 0 Å². The van der Waals surface area contributed by atoms with Crippen LogP contribution in [0, 0.1) is 6.92 Å². The van der Waals surface area contributed by atoms with E-state index in [9.17, 15) is 26.4 Å². The van der Waals surface area contributed by atoms with E-state index in [1.165, 1.54) is 0 Å². The van der Waals surface area contributed by atoms with Gasteiger partial charge in [-0.1, -0.05) is 29.3 Å². The largest absolute Gasteiger partial charge is 0.416 e. The predicted octanol–water partition coefficient (Wildman–Crippen LogP) is 4.63. The third kappa shape index (κ3) is 5.60. The average Bonchev–Trinajstić information content (AvgIpc) is 2.58. The maximum absolute atomic E-state index is 12.8. The first-order valence-corrected chi connectivity index (χ1v) is 10.1. The standard InChI is InChI=1S/C17H15Cl2F3N2O3S/c1-10-12(18)3-2-4-14(10)24-16(25)7-8-23-28(26,27)15-9-11(17(20,21)22)5-6-13(15)19/h2-6,9,23H,7-8H2,1H3,(H,24,25). The summed E-state index contributed by atoms with van der Waals surface area (Å²) in [6.07, 6.45) is -4.97. The smallest absolute Gasteiger partial charge is 0.326 e. The molecular formula is C17H15Cl2F3N2O3S. The second kappa shape index (κ2) is 8.69. The molecule has 0 aliphatic rings. The fraction of sp³-hybridized carbons (Fsp3) is 0.235. The van der Waals surface area contributed by atoms with Gasteiger partial charge in [0, 0.05) is 23.7 Å². The summed E-state index contributed by atoms with van der Waals surface area (Å²) in [7, 11) is -4.34. The van der Waals surface area contributed by atoms with Crippen molar-refractivity contribution in [2.24, 2.45) is 0 Å². The number of hydrogen-bond donors (Lipinski definition) is 2. The zero-order chi connectivity index (χ0) is 21.1. The van der Waals surface area contributed by atoms with E-state index >= 15 is 0 Å². The van der Waals surface area contributed by atoms with Crippen LogP contribution < -0.4 is 10.0 Å². The van der Waals surface area contributed by atoms with Crippen LogP contribution in [0.25, 0.3) is 0 Å². The highest BCUT2D eigenvalue weighted by Gasteiger charge is 2.32. The van der Waals surface area contributed by atoms with Crippen LogP contribution in [0.15, 0.2) is 41.3 Å². The van der Waals surface area contributed by atoms with E-state index < -0.39 is 32.6 Å². The van der Waals surface area contributed by atoms with E-state index in [0.29, 0.717) is 28.4 Å². The zero-order valence-electron chi connectivity index (χ0n) is 14.4. The minimum atomic E-state index is -4.72. The van der Waals surface area contributed by atoms with Crippen molar-refractivity contribution in [3.8, 4) is 0 Å². The van der Waals surface area contributed by atoms with Crippen molar-refractivity contribution in [1.82, 2.24) is 4.72 Å². The number of nitrogens with one attached hydrogen (secondary N) is 2. The topological polar surface area (TPSA) is 75.3 Å². The molecule has 0 saturated carbocycles. The Balaban J connectivity index is 2.04. The summed E-state index contributed by atoms with van der Waals surface area (Å²) in [5.41, 5.74) is -0.0263. The molecule has 0 aromatic heterocycles. The van der Waals surface area contributed by atoms with Gasteiger partial charge in [-0.2, -0.15) is 13.2 Å². The molecule has 0 bridgehead atoms. The molecule has 5 nitrogen and oxygen atoms in total. The Bertz CT molecular complexity index is 996. The van der Waals surface area contributed by atoms with Crippen molar-refractivity contribution in [3.63, 3.8) is 0 Å². The van der Waals surface area contributed by atoms with Gasteiger partial charge in [0.2, 0.25) is 15.9 Å². The van der Waals surface area contributed by atoms with E-state index in [-0.39, 0.29) is 18.0 Å². The van der Waals surface area contributed by atoms with E-state index in [1.54, 1.807) is 25.1 Å². The molecular weight excluding hydrogens is 440 g/mol. The van der Waals surface area contributed by atoms with Crippen molar-refractivity contribution >= 4 is 44.8 Å². The van der Waals surface area contributed by atoms with Crippen LogP contribution in [-0.2, 0) is 21.0 Å². The molecule has 11 heteroatoms. The highest BCUT2D eigenvalue weighted by atomic mass is 35.5. The fourth-order valence-corrected chi connectivity index (χ4v) is 3.95. The van der Waals surface area contributed by atoms with E-state index in [1.807, 2.05) is 0 Å². The van der Waals surface area contributed by atoms with Crippen LogP contribution in [0.1, 0.15) is 17.5 Å². The molecule has 2 rings (SSSR count). The Labute approximate surface area is 169 Å². The second-order valence-electron chi connectivity index (χ2n) is 5.75. The molecule has 0 radical (unpaired) electrons. The van der Waals surface area contributed by atoms with Gasteiger partial charge in [0.15, 0.2) is 0 Å². The number of benzene rings is 2. The molecule has 0 unspecified atom stereocenters. The van der Waals surface area contributed by atoms with Crippen molar-refractivity contribution < 1.29 is 26.4 Å². The van der Waals surface area contributed by atoms with E-state index in [0.717, 1.165) is 6.07 Å². The van der Waals surface area contributed by atoms with Crippen LogP contribution in [0.3, 0.4) is 0 Å². The lowest BCUT2D eigenvalue weighted by atomic mass is 10.2. The summed E-state index contributed by atoms with van der Waals surface area (Å²) in [6.45, 7) is 1.37. The number of halogens is 5. The zero-order valence-corrected chi connectivity index (χ0v) is 16.7. The molecule has 0 spiro atoms. The lowest BCUT2D eigenvalue weighted by molar-refractivity contribution is -0.137. The summed E-state index contributed by atoms with van der Waals surface area (Å²) >= 11 is 11.7. The number of anilines is 1. The van der Waals surface area contributed by atoms with Gasteiger partial charge >= 0.3 is 6.18 Å². The predicted molar refractivity (Wildman–Crippen MR) is 101 cm³/mol. The SMILES string of the molecule is Cc1c(Cl)cccc1NC(=O)CCNS(=O)(=O)c1cc(C(F)(F)F)ccc1Cl. The maximum atomic E-state index is 12.8. The first-order valence-electron chi connectivity index (χ1n) is 7.83. The van der Waals surface area contributed by atoms with Crippen molar-refractivity contribution in [3.05, 3.63) is 57.6 Å². The quantitative estimate of drug-likeness (QED) is 0.667. The van der Waals surface area contributed by atoms with Crippen molar-refractivity contribution in [2.75, 3.05) is 11.9 Å². The Morgan fingerprint density at radius 1 is 1.11 bits per heavy atom. The van der Waals surface area contributed by atoms with Crippen molar-refractivity contribution in [2.45, 2.75) is 24.4 Å².